The summed E-state index contributed by atoms with van der Waals surface area (Å²) in [6, 6.07) is 60.5. The first-order valence-electron chi connectivity index (χ1n) is 25.8. The molecule has 0 amide bonds. The molecule has 6 nitrogen and oxygen atoms in total. The van der Waals surface area contributed by atoms with E-state index in [2.05, 4.69) is 172 Å². The highest BCUT2D eigenvalue weighted by Gasteiger charge is 2.27. The summed E-state index contributed by atoms with van der Waals surface area (Å²) >= 11 is 0. The number of imidazole rings is 1. The monoisotopic (exact) mass is 1010 g/mol. The van der Waals surface area contributed by atoms with Crippen molar-refractivity contribution < 1.29 is 22.3 Å². The Morgan fingerprint density at radius 3 is 2.03 bits per heavy atom. The van der Waals surface area contributed by atoms with Crippen molar-refractivity contribution in [3.8, 4) is 56.6 Å². The Kier molecular flexibility index (Phi) is 11.1. The number of halogens is 3. The number of hydrogen-bond donors (Lipinski definition) is 0. The third kappa shape index (κ3) is 8.12. The van der Waals surface area contributed by atoms with Crippen LogP contribution in [0.2, 0.25) is 0 Å². The zero-order chi connectivity index (χ0) is 52.9. The van der Waals surface area contributed by atoms with Crippen LogP contribution in [0.4, 0.5) is 13.2 Å². The number of furan rings is 1. The molecular formula is C68H51F3N4O2. The molecule has 9 aromatic carbocycles. The van der Waals surface area contributed by atoms with Crippen LogP contribution in [0.25, 0.3) is 116 Å². The minimum absolute atomic E-state index is 0.0884. The van der Waals surface area contributed by atoms with E-state index in [1.165, 1.54) is 17.7 Å². The fraction of sp³-hybridized carbons (Fsp3) is 0.118. The first-order chi connectivity index (χ1) is 37.2. The van der Waals surface area contributed by atoms with Crippen molar-refractivity contribution in [2.24, 2.45) is 0 Å². The van der Waals surface area contributed by atoms with Gasteiger partial charge in [0.1, 0.15) is 34.3 Å². The molecule has 0 aliphatic heterocycles. The topological polar surface area (TPSA) is 58.0 Å². The third-order valence-electron chi connectivity index (χ3n) is 14.9. The number of nitrogens with zero attached hydrogens (tertiary/aromatic N) is 4. The van der Waals surface area contributed by atoms with E-state index in [-0.39, 0.29) is 16.4 Å². The number of hydrogen-bond acceptors (Lipinski definition) is 4. The van der Waals surface area contributed by atoms with Gasteiger partial charge in [-0.1, -0.05) is 157 Å². The van der Waals surface area contributed by atoms with Gasteiger partial charge in [0, 0.05) is 57.2 Å². The Bertz CT molecular complexity index is 4530. The number of aromatic nitrogens is 4. The standard InChI is InChI=1S/C68H51F3N4O2/c1-67(2,3)45-30-31-72-60(35-45)75-56-19-13-12-18-49(56)50-28-26-46(38-58(50)75)76-47-36-53-62-59(39-52(42-20-22-43(23-21-42)63(69)65(70)71)51-27-24-41-16-10-11-17-48(41)61(51)62)77-64(53)54(37-47)66-73-32-33-74(66)57-29-25-44(34-55(57)68(4,5)6)40-14-8-7-9-15-40/h7-39H,1-6H3. The third-order valence-corrected chi connectivity index (χ3v) is 14.9. The summed E-state index contributed by atoms with van der Waals surface area (Å²) < 4.78 is 60.1. The minimum atomic E-state index is -2.36. The quantitative estimate of drug-likeness (QED) is 0.142. The van der Waals surface area contributed by atoms with Gasteiger partial charge in [0.25, 0.3) is 0 Å². The van der Waals surface area contributed by atoms with E-state index in [1.807, 2.05) is 55.0 Å². The Morgan fingerprint density at radius 2 is 1.25 bits per heavy atom. The lowest BCUT2D eigenvalue weighted by atomic mass is 9.84. The largest absolute Gasteiger partial charge is 0.457 e. The van der Waals surface area contributed by atoms with Crippen molar-refractivity contribution in [1.82, 2.24) is 19.1 Å². The van der Waals surface area contributed by atoms with Gasteiger partial charge in [0.15, 0.2) is 5.83 Å². The zero-order valence-electron chi connectivity index (χ0n) is 43.3. The number of benzene rings is 9. The molecule has 4 aromatic heterocycles. The van der Waals surface area contributed by atoms with Gasteiger partial charge in [-0.15, -0.1) is 0 Å². The maximum absolute atomic E-state index is 14.5. The van der Waals surface area contributed by atoms with Gasteiger partial charge in [-0.25, -0.2) is 14.4 Å². The van der Waals surface area contributed by atoms with Crippen molar-refractivity contribution in [1.29, 1.82) is 0 Å². The summed E-state index contributed by atoms with van der Waals surface area (Å²) in [5.74, 6) is 1.12. The number of para-hydroxylation sites is 1. The van der Waals surface area contributed by atoms with E-state index < -0.39 is 11.9 Å². The lowest BCUT2D eigenvalue weighted by Gasteiger charge is -2.25. The summed E-state index contributed by atoms with van der Waals surface area (Å²) in [7, 11) is 0. The molecule has 0 spiro atoms. The predicted molar refractivity (Wildman–Crippen MR) is 308 cm³/mol. The molecule has 376 valence electrons. The molecule has 0 aliphatic rings. The fourth-order valence-corrected chi connectivity index (χ4v) is 11.2. The van der Waals surface area contributed by atoms with Crippen molar-refractivity contribution in [2.75, 3.05) is 0 Å². The van der Waals surface area contributed by atoms with E-state index in [0.717, 1.165) is 87.9 Å². The van der Waals surface area contributed by atoms with E-state index in [0.29, 0.717) is 39.6 Å². The predicted octanol–water partition coefficient (Wildman–Crippen LogP) is 19.5. The van der Waals surface area contributed by atoms with E-state index in [1.54, 1.807) is 12.1 Å². The molecule has 77 heavy (non-hydrogen) atoms. The number of pyridine rings is 1. The zero-order valence-corrected chi connectivity index (χ0v) is 43.3. The Labute approximate surface area is 443 Å². The molecule has 0 unspecified atom stereocenters. The van der Waals surface area contributed by atoms with E-state index in [4.69, 9.17) is 19.1 Å². The van der Waals surface area contributed by atoms with Gasteiger partial charge in [-0.2, -0.15) is 8.78 Å². The molecule has 0 radical (unpaired) electrons. The normalized spacial score (nSPS) is 12.2. The molecule has 0 saturated heterocycles. The first kappa shape index (κ1) is 47.5. The van der Waals surface area contributed by atoms with Crippen LogP contribution in [-0.2, 0) is 10.8 Å². The molecule has 0 aliphatic carbocycles. The molecule has 0 atom stereocenters. The smallest absolute Gasteiger partial charge is 0.306 e. The van der Waals surface area contributed by atoms with Crippen molar-refractivity contribution >= 4 is 71.1 Å². The average molecular weight is 1010 g/mol. The lowest BCUT2D eigenvalue weighted by Crippen LogP contribution is -2.15. The van der Waals surface area contributed by atoms with E-state index in [9.17, 15) is 13.2 Å². The van der Waals surface area contributed by atoms with E-state index >= 15 is 0 Å². The molecule has 9 heteroatoms. The second kappa shape index (κ2) is 18.0. The first-order valence-corrected chi connectivity index (χ1v) is 25.8. The van der Waals surface area contributed by atoms with Gasteiger partial charge in [0.05, 0.1) is 22.3 Å². The maximum atomic E-state index is 14.5. The molecule has 13 aromatic rings. The summed E-state index contributed by atoms with van der Waals surface area (Å²) in [4.78, 5) is 10.1. The van der Waals surface area contributed by atoms with Crippen LogP contribution in [-0.4, -0.2) is 19.1 Å². The summed E-state index contributed by atoms with van der Waals surface area (Å²) in [6.45, 7) is 13.3. The number of fused-ring (bicyclic) bond motifs is 10. The van der Waals surface area contributed by atoms with Gasteiger partial charge in [0.2, 0.25) is 0 Å². The van der Waals surface area contributed by atoms with Gasteiger partial charge in [-0.3, -0.25) is 9.13 Å². The number of rotatable bonds is 8. The van der Waals surface area contributed by atoms with Crippen LogP contribution < -0.4 is 4.74 Å². The fourth-order valence-electron chi connectivity index (χ4n) is 11.2. The van der Waals surface area contributed by atoms with Crippen LogP contribution >= 0.6 is 0 Å². The molecule has 0 fully saturated rings. The van der Waals surface area contributed by atoms with Crippen molar-refractivity contribution in [3.63, 3.8) is 0 Å². The van der Waals surface area contributed by atoms with Crippen LogP contribution in [0.1, 0.15) is 58.2 Å². The highest BCUT2D eigenvalue weighted by Crippen LogP contribution is 2.48. The molecule has 0 saturated carbocycles. The second-order valence-electron chi connectivity index (χ2n) is 21.9. The highest BCUT2D eigenvalue weighted by atomic mass is 19.3. The minimum Gasteiger partial charge on any atom is -0.457 e. The van der Waals surface area contributed by atoms with Crippen LogP contribution in [0, 0.1) is 0 Å². The Morgan fingerprint density at radius 1 is 0.519 bits per heavy atom. The highest BCUT2D eigenvalue weighted by molar-refractivity contribution is 6.30. The van der Waals surface area contributed by atoms with Crippen molar-refractivity contribution in [2.45, 2.75) is 52.4 Å². The van der Waals surface area contributed by atoms with Gasteiger partial charge in [-0.05, 0) is 121 Å². The summed E-state index contributed by atoms with van der Waals surface area (Å²) in [5, 5.41) is 7.72. The average Bonchev–Trinajstić information content (AvgIpc) is 4.25. The van der Waals surface area contributed by atoms with Crippen LogP contribution in [0.3, 0.4) is 0 Å². The SMILES string of the molecule is CC(C)(C)c1ccnc(-n2c3ccccc3c3ccc(Oc4cc(-c5nccn5-c5ccc(-c6ccccc6)cc5C(C)(C)C)c5oc6cc(-c7ccc(C(F)=C(F)F)cc7)c7ccc8ccccc8c7c6c5c4)cc32)c1. The molecular weight excluding hydrogens is 962 g/mol. The second-order valence-corrected chi connectivity index (χ2v) is 21.9. The van der Waals surface area contributed by atoms with Gasteiger partial charge < -0.3 is 9.15 Å². The lowest BCUT2D eigenvalue weighted by molar-refractivity contribution is 0.410. The molecule has 0 bridgehead atoms. The molecule has 13 rings (SSSR count). The number of ether oxygens (including phenoxy) is 1. The van der Waals surface area contributed by atoms with Crippen LogP contribution in [0.15, 0.2) is 211 Å². The molecule has 4 heterocycles. The van der Waals surface area contributed by atoms with Crippen molar-refractivity contribution in [3.05, 3.63) is 223 Å². The summed E-state index contributed by atoms with van der Waals surface area (Å²) in [6.07, 6.45) is 3.34. The van der Waals surface area contributed by atoms with Crippen LogP contribution in [0.5, 0.6) is 11.5 Å². The summed E-state index contributed by atoms with van der Waals surface area (Å²) in [5.41, 5.74) is 10.4. The maximum Gasteiger partial charge on any atom is 0.306 e. The van der Waals surface area contributed by atoms with Gasteiger partial charge >= 0.3 is 6.08 Å². The Balaban J connectivity index is 1.07. The molecule has 0 N–H and O–H groups in total. The Hall–Kier alpha value is -9.21.